The molecule has 1 aliphatic heterocycles. The second-order valence-electron chi connectivity index (χ2n) is 8.87. The van der Waals surface area contributed by atoms with Crippen LogP contribution in [0.25, 0.3) is 0 Å². The second kappa shape index (κ2) is 6.38. The van der Waals surface area contributed by atoms with E-state index in [0.717, 1.165) is 5.92 Å². The molecule has 1 saturated heterocycles. The van der Waals surface area contributed by atoms with Gasteiger partial charge in [0.15, 0.2) is 0 Å². The maximum atomic E-state index is 2.54. The molecule has 0 spiro atoms. The van der Waals surface area contributed by atoms with E-state index >= 15 is 0 Å². The van der Waals surface area contributed by atoms with Crippen LogP contribution in [0.3, 0.4) is 0 Å². The Morgan fingerprint density at radius 1 is 0.900 bits per heavy atom. The fraction of sp³-hybridized carbons (Fsp3) is 1.00. The summed E-state index contributed by atoms with van der Waals surface area (Å²) in [6.45, 7) is 20.0. The lowest BCUT2D eigenvalue weighted by atomic mass is 9.49. The molecule has 0 radical (unpaired) electrons. The molecule has 0 bridgehead atoms. The molecular weight excluding hydrogens is 242 g/mol. The van der Waals surface area contributed by atoms with Crippen molar-refractivity contribution in [2.24, 2.45) is 22.2 Å². The van der Waals surface area contributed by atoms with Crippen LogP contribution in [0.5, 0.6) is 0 Å². The van der Waals surface area contributed by atoms with Crippen LogP contribution in [0.1, 0.15) is 80.6 Å². The van der Waals surface area contributed by atoms with Crippen LogP contribution < -0.4 is 0 Å². The molecule has 1 heteroatoms. The van der Waals surface area contributed by atoms with Gasteiger partial charge in [-0.3, -0.25) is 0 Å². The SMILES string of the molecule is CCC(C)(C)C(C)(C)C(C)(C)C1CCCN(C)CCC1. The lowest BCUT2D eigenvalue weighted by Gasteiger charge is -2.56. The fourth-order valence-electron chi connectivity index (χ4n) is 4.02. The van der Waals surface area contributed by atoms with E-state index in [1.165, 1.54) is 45.2 Å². The van der Waals surface area contributed by atoms with Gasteiger partial charge in [0.2, 0.25) is 0 Å². The summed E-state index contributed by atoms with van der Waals surface area (Å²) in [6, 6.07) is 0. The predicted octanol–water partition coefficient (Wildman–Crippen LogP) is 5.60. The van der Waals surface area contributed by atoms with E-state index in [9.17, 15) is 0 Å². The smallest absolute Gasteiger partial charge is 0.00217 e. The maximum absolute atomic E-state index is 2.54. The van der Waals surface area contributed by atoms with Gasteiger partial charge < -0.3 is 4.90 Å². The monoisotopic (exact) mass is 281 g/mol. The zero-order valence-corrected chi connectivity index (χ0v) is 15.5. The molecule has 1 fully saturated rings. The third kappa shape index (κ3) is 3.40. The number of nitrogens with zero attached hydrogens (tertiary/aromatic N) is 1. The normalized spacial score (nSPS) is 21.6. The van der Waals surface area contributed by atoms with Gasteiger partial charge in [-0.2, -0.15) is 0 Å². The third-order valence-electron chi connectivity index (χ3n) is 7.39. The summed E-state index contributed by atoms with van der Waals surface area (Å²) in [6.07, 6.45) is 6.81. The molecule has 1 aliphatic rings. The van der Waals surface area contributed by atoms with Crippen LogP contribution in [-0.2, 0) is 0 Å². The average Bonchev–Trinajstić information content (AvgIpc) is 2.32. The highest BCUT2D eigenvalue weighted by Gasteiger charge is 2.49. The van der Waals surface area contributed by atoms with Gasteiger partial charge in [0, 0.05) is 0 Å². The van der Waals surface area contributed by atoms with Gasteiger partial charge in [-0.1, -0.05) is 54.9 Å². The van der Waals surface area contributed by atoms with Crippen molar-refractivity contribution in [3.05, 3.63) is 0 Å². The summed E-state index contributed by atoms with van der Waals surface area (Å²) < 4.78 is 0. The van der Waals surface area contributed by atoms with Crippen molar-refractivity contribution in [2.45, 2.75) is 80.6 Å². The standard InChI is InChI=1S/C19H39N/c1-9-17(2,3)19(6,7)18(4,5)16-12-10-14-20(8)15-11-13-16/h16H,9-15H2,1-8H3. The lowest BCUT2D eigenvalue weighted by Crippen LogP contribution is -2.48. The van der Waals surface area contributed by atoms with Crippen molar-refractivity contribution in [2.75, 3.05) is 20.1 Å². The van der Waals surface area contributed by atoms with Crippen LogP contribution in [0.4, 0.5) is 0 Å². The molecule has 1 rings (SSSR count). The topological polar surface area (TPSA) is 3.24 Å². The van der Waals surface area contributed by atoms with Crippen LogP contribution in [0, 0.1) is 22.2 Å². The number of hydrogen-bond donors (Lipinski definition) is 0. The minimum Gasteiger partial charge on any atom is -0.306 e. The van der Waals surface area contributed by atoms with E-state index in [2.05, 4.69) is 60.4 Å². The molecule has 0 unspecified atom stereocenters. The minimum atomic E-state index is 0.366. The van der Waals surface area contributed by atoms with E-state index in [4.69, 9.17) is 0 Å². The van der Waals surface area contributed by atoms with Crippen molar-refractivity contribution in [3.8, 4) is 0 Å². The lowest BCUT2D eigenvalue weighted by molar-refractivity contribution is -0.0675. The summed E-state index contributed by atoms with van der Waals surface area (Å²) in [4.78, 5) is 2.50. The highest BCUT2D eigenvalue weighted by Crippen LogP contribution is 2.57. The molecule has 0 amide bonds. The van der Waals surface area contributed by atoms with Gasteiger partial charge in [-0.05, 0) is 68.0 Å². The van der Waals surface area contributed by atoms with Crippen LogP contribution in [0.2, 0.25) is 0 Å². The molecule has 1 nitrogen and oxygen atoms in total. The zero-order valence-electron chi connectivity index (χ0n) is 15.5. The first kappa shape index (κ1) is 18.0. The van der Waals surface area contributed by atoms with Gasteiger partial charge in [0.25, 0.3) is 0 Å². The molecule has 0 aliphatic carbocycles. The van der Waals surface area contributed by atoms with E-state index in [1.807, 2.05) is 0 Å². The Morgan fingerprint density at radius 2 is 1.35 bits per heavy atom. The Morgan fingerprint density at radius 3 is 1.75 bits per heavy atom. The highest BCUT2D eigenvalue weighted by atomic mass is 15.1. The quantitative estimate of drug-likeness (QED) is 0.648. The van der Waals surface area contributed by atoms with Crippen molar-refractivity contribution < 1.29 is 0 Å². The molecule has 120 valence electrons. The molecule has 1 heterocycles. The zero-order chi connectivity index (χ0) is 15.6. The van der Waals surface area contributed by atoms with Crippen molar-refractivity contribution in [1.82, 2.24) is 4.90 Å². The van der Waals surface area contributed by atoms with E-state index in [0.29, 0.717) is 16.2 Å². The fourth-order valence-corrected chi connectivity index (χ4v) is 4.02. The molecule has 0 atom stereocenters. The van der Waals surface area contributed by atoms with E-state index < -0.39 is 0 Å². The molecule has 20 heavy (non-hydrogen) atoms. The number of rotatable bonds is 4. The van der Waals surface area contributed by atoms with Gasteiger partial charge in [-0.15, -0.1) is 0 Å². The van der Waals surface area contributed by atoms with Crippen LogP contribution in [0.15, 0.2) is 0 Å². The largest absolute Gasteiger partial charge is 0.306 e. The summed E-state index contributed by atoms with van der Waals surface area (Å²) in [5.41, 5.74) is 1.17. The van der Waals surface area contributed by atoms with E-state index in [-0.39, 0.29) is 0 Å². The van der Waals surface area contributed by atoms with Gasteiger partial charge in [0.05, 0.1) is 0 Å². The molecule has 0 saturated carbocycles. The Hall–Kier alpha value is -0.0400. The minimum absolute atomic E-state index is 0.366. The Labute approximate surface area is 128 Å². The first-order valence-electron chi connectivity index (χ1n) is 8.75. The second-order valence-corrected chi connectivity index (χ2v) is 8.87. The first-order valence-corrected chi connectivity index (χ1v) is 8.75. The Bertz CT molecular complexity index is 291. The molecule has 0 aromatic rings. The average molecular weight is 282 g/mol. The van der Waals surface area contributed by atoms with Crippen LogP contribution in [-0.4, -0.2) is 25.0 Å². The van der Waals surface area contributed by atoms with Crippen molar-refractivity contribution >= 4 is 0 Å². The van der Waals surface area contributed by atoms with Crippen molar-refractivity contribution in [1.29, 1.82) is 0 Å². The predicted molar refractivity (Wildman–Crippen MR) is 91.1 cm³/mol. The maximum Gasteiger partial charge on any atom is -0.00217 e. The highest BCUT2D eigenvalue weighted by molar-refractivity contribution is 4.99. The molecule has 0 aromatic heterocycles. The summed E-state index contributed by atoms with van der Waals surface area (Å²) in [7, 11) is 2.27. The molecular formula is C19H39N. The summed E-state index contributed by atoms with van der Waals surface area (Å²) >= 11 is 0. The van der Waals surface area contributed by atoms with Crippen molar-refractivity contribution in [3.63, 3.8) is 0 Å². The summed E-state index contributed by atoms with van der Waals surface area (Å²) in [5, 5.41) is 0. The Kier molecular flexibility index (Phi) is 5.75. The number of hydrogen-bond acceptors (Lipinski definition) is 1. The Balaban J connectivity index is 2.90. The molecule has 0 aromatic carbocycles. The van der Waals surface area contributed by atoms with Gasteiger partial charge in [0.1, 0.15) is 0 Å². The molecule has 0 N–H and O–H groups in total. The van der Waals surface area contributed by atoms with Gasteiger partial charge in [-0.25, -0.2) is 0 Å². The summed E-state index contributed by atoms with van der Waals surface area (Å²) in [5.74, 6) is 0.872. The first-order chi connectivity index (χ1) is 9.06. The van der Waals surface area contributed by atoms with Crippen LogP contribution >= 0.6 is 0 Å². The third-order valence-corrected chi connectivity index (χ3v) is 7.39. The number of likely N-dealkylation sites (tertiary alicyclic amines) is 1. The van der Waals surface area contributed by atoms with E-state index in [1.54, 1.807) is 0 Å². The van der Waals surface area contributed by atoms with Gasteiger partial charge >= 0.3 is 0 Å².